The third-order valence-electron chi connectivity index (χ3n) is 1.30. The first-order chi connectivity index (χ1) is 8.04. The number of hydrogen-bond acceptors (Lipinski definition) is 2. The van der Waals surface area contributed by atoms with Crippen LogP contribution in [-0.2, 0) is 11.0 Å². The quantitative estimate of drug-likeness (QED) is 0.662. The molecule has 0 radical (unpaired) electrons. The number of nitrogens with one attached hydrogen (secondary N) is 1. The molecule has 1 heterocycles. The lowest BCUT2D eigenvalue weighted by atomic mass is 10.3. The van der Waals surface area contributed by atoms with Crippen molar-refractivity contribution in [3.63, 3.8) is 0 Å². The maximum atomic E-state index is 12.0. The molecule has 0 saturated heterocycles. The van der Waals surface area contributed by atoms with Crippen LogP contribution in [0.1, 0.15) is 26.3 Å². The van der Waals surface area contributed by atoms with E-state index >= 15 is 0 Å². The number of alkyl halides is 4. The number of nitrogens with zero attached hydrogens (tertiary/aromatic N) is 1. The molecule has 1 rings (SSSR count). The highest BCUT2D eigenvalue weighted by Crippen LogP contribution is 2.28. The molecule has 7 heteroatoms. The second-order valence-corrected chi connectivity index (χ2v) is 6.64. The molecule has 0 atom stereocenters. The Bertz CT molecular complexity index is 365. The van der Waals surface area contributed by atoms with Crippen LogP contribution in [0.4, 0.5) is 19.0 Å². The molecule has 1 aromatic rings. The van der Waals surface area contributed by atoms with Crippen LogP contribution in [0.5, 0.6) is 0 Å². The molecule has 0 aliphatic heterocycles. The minimum Gasteiger partial charge on any atom is -0.313 e. The molecule has 0 bridgehead atoms. The molecular weight excluding hydrogens is 313 g/mol. The monoisotopic (exact) mass is 326 g/mol. The summed E-state index contributed by atoms with van der Waals surface area (Å²) in [6.45, 7) is 6.31. The summed E-state index contributed by atoms with van der Waals surface area (Å²) in [6.07, 6.45) is -3.39. The molecule has 0 aromatic carbocycles. The zero-order valence-electron chi connectivity index (χ0n) is 10.2. The molecule has 102 valence electrons. The van der Waals surface area contributed by atoms with Gasteiger partial charge in [-0.15, -0.1) is 0 Å². The van der Waals surface area contributed by atoms with Gasteiger partial charge < -0.3 is 5.32 Å². The van der Waals surface area contributed by atoms with Gasteiger partial charge in [0.05, 0.1) is 5.56 Å². The minimum atomic E-state index is -4.40. The normalized spacial score (nSPS) is 11.3. The van der Waals surface area contributed by atoms with Gasteiger partial charge in [-0.2, -0.15) is 13.2 Å². The van der Waals surface area contributed by atoms with Gasteiger partial charge in [0.1, 0.15) is 5.82 Å². The zero-order chi connectivity index (χ0) is 14.4. The maximum Gasteiger partial charge on any atom is 0.417 e. The van der Waals surface area contributed by atoms with Crippen LogP contribution in [0.2, 0.25) is 0 Å². The maximum absolute atomic E-state index is 12.0. The molecule has 0 aliphatic rings. The van der Waals surface area contributed by atoms with E-state index in [1.165, 1.54) is 0 Å². The Labute approximate surface area is 112 Å². The van der Waals surface area contributed by atoms with Crippen LogP contribution in [0, 0.1) is 0 Å². The second kappa shape index (κ2) is 6.72. The van der Waals surface area contributed by atoms with E-state index in [0.717, 1.165) is 12.1 Å². The Morgan fingerprint density at radius 1 is 1.28 bits per heavy atom. The second-order valence-electron chi connectivity index (χ2n) is 4.26. The molecule has 1 N–H and O–H groups in total. The molecule has 1 aromatic heterocycles. The molecule has 0 saturated carbocycles. The van der Waals surface area contributed by atoms with Crippen molar-refractivity contribution in [2.75, 3.05) is 5.32 Å². The molecule has 0 aliphatic carbocycles. The van der Waals surface area contributed by atoms with Crippen LogP contribution in [0.25, 0.3) is 0 Å². The molecule has 1 amide bonds. The number of halogens is 4. The van der Waals surface area contributed by atoms with Gasteiger partial charge in [-0.05, 0) is 12.1 Å². The van der Waals surface area contributed by atoms with Crippen molar-refractivity contribution in [1.82, 2.24) is 4.98 Å². The third-order valence-corrected chi connectivity index (χ3v) is 1.30. The van der Waals surface area contributed by atoms with Crippen molar-refractivity contribution >= 4 is 28.2 Å². The Balaban J connectivity index is 0.000000494. The third kappa shape index (κ3) is 8.98. The zero-order valence-corrected chi connectivity index (χ0v) is 11.8. The summed E-state index contributed by atoms with van der Waals surface area (Å²) in [5.41, 5.74) is -0.844. The van der Waals surface area contributed by atoms with Gasteiger partial charge >= 0.3 is 6.18 Å². The van der Waals surface area contributed by atoms with E-state index in [4.69, 9.17) is 0 Å². The van der Waals surface area contributed by atoms with Crippen LogP contribution >= 0.6 is 15.9 Å². The number of carbonyl (C=O) groups is 1. The molecule has 0 fully saturated rings. The van der Waals surface area contributed by atoms with Gasteiger partial charge in [0, 0.05) is 10.5 Å². The summed E-state index contributed by atoms with van der Waals surface area (Å²) < 4.78 is 36.2. The Morgan fingerprint density at radius 2 is 1.78 bits per heavy atom. The Hall–Kier alpha value is -1.11. The van der Waals surface area contributed by atoms with E-state index in [0.29, 0.717) is 16.9 Å². The predicted molar refractivity (Wildman–Crippen MR) is 67.6 cm³/mol. The highest BCUT2D eigenvalue weighted by molar-refractivity contribution is 9.10. The van der Waals surface area contributed by atoms with Crippen LogP contribution < -0.4 is 5.32 Å². The van der Waals surface area contributed by atoms with Gasteiger partial charge in [0.2, 0.25) is 6.41 Å². The number of anilines is 1. The molecule has 3 nitrogen and oxygen atoms in total. The fourth-order valence-corrected chi connectivity index (χ4v) is 0.707. The van der Waals surface area contributed by atoms with E-state index in [-0.39, 0.29) is 5.82 Å². The summed E-state index contributed by atoms with van der Waals surface area (Å²) in [4.78, 5) is 13.3. The number of hydrogen-bond donors (Lipinski definition) is 1. The summed E-state index contributed by atoms with van der Waals surface area (Å²) in [5.74, 6) is 0.0861. The number of pyridine rings is 1. The van der Waals surface area contributed by atoms with Gasteiger partial charge in [-0.25, -0.2) is 4.98 Å². The van der Waals surface area contributed by atoms with Crippen LogP contribution in [-0.4, -0.2) is 15.7 Å². The van der Waals surface area contributed by atoms with Crippen LogP contribution in [0.3, 0.4) is 0 Å². The van der Waals surface area contributed by atoms with Crippen molar-refractivity contribution in [1.29, 1.82) is 0 Å². The van der Waals surface area contributed by atoms with Gasteiger partial charge in [-0.1, -0.05) is 36.7 Å². The highest BCUT2D eigenvalue weighted by atomic mass is 79.9. The molecule has 18 heavy (non-hydrogen) atoms. The predicted octanol–water partition coefficient (Wildman–Crippen LogP) is 3.85. The fraction of sp³-hybridized carbons (Fsp3) is 0.455. The average molecular weight is 327 g/mol. The van der Waals surface area contributed by atoms with Gasteiger partial charge in [-0.3, -0.25) is 4.79 Å². The van der Waals surface area contributed by atoms with E-state index in [9.17, 15) is 18.0 Å². The topological polar surface area (TPSA) is 42.0 Å². The van der Waals surface area contributed by atoms with Gasteiger partial charge in [0.25, 0.3) is 0 Å². The molecular formula is C11H14BrF3N2O. The van der Waals surface area contributed by atoms with E-state index in [2.05, 4.69) is 47.0 Å². The first-order valence-corrected chi connectivity index (χ1v) is 5.75. The number of rotatable bonds is 2. The first-order valence-electron chi connectivity index (χ1n) is 4.96. The van der Waals surface area contributed by atoms with Crippen LogP contribution in [0.15, 0.2) is 18.3 Å². The fourth-order valence-electron chi connectivity index (χ4n) is 0.707. The smallest absolute Gasteiger partial charge is 0.313 e. The SMILES string of the molecule is CC(C)(C)Br.O=CNc1ccc(C(F)(F)F)cn1. The van der Waals surface area contributed by atoms with E-state index in [1.54, 1.807) is 0 Å². The van der Waals surface area contributed by atoms with Crippen molar-refractivity contribution in [2.24, 2.45) is 0 Å². The van der Waals surface area contributed by atoms with Crippen molar-refractivity contribution in [3.8, 4) is 0 Å². The van der Waals surface area contributed by atoms with Crippen molar-refractivity contribution in [3.05, 3.63) is 23.9 Å². The number of aromatic nitrogens is 1. The number of carbonyl (C=O) groups excluding carboxylic acids is 1. The largest absolute Gasteiger partial charge is 0.417 e. The highest BCUT2D eigenvalue weighted by Gasteiger charge is 2.30. The Kier molecular flexibility index (Phi) is 6.31. The lowest BCUT2D eigenvalue weighted by molar-refractivity contribution is -0.137. The summed E-state index contributed by atoms with van der Waals surface area (Å²) in [6, 6.07) is 1.93. The summed E-state index contributed by atoms with van der Waals surface area (Å²) >= 11 is 3.38. The standard InChI is InChI=1S/C7H5F3N2O.C4H9Br/c8-7(9,10)5-1-2-6(11-3-5)12-4-13;1-4(2,3)5/h1-4H,(H,11,12,13);1-3H3. The van der Waals surface area contributed by atoms with Crippen molar-refractivity contribution in [2.45, 2.75) is 31.3 Å². The Morgan fingerprint density at radius 3 is 2.06 bits per heavy atom. The lowest BCUT2D eigenvalue weighted by Gasteiger charge is -2.05. The lowest BCUT2D eigenvalue weighted by Crippen LogP contribution is -2.06. The van der Waals surface area contributed by atoms with Crippen molar-refractivity contribution < 1.29 is 18.0 Å². The molecule has 0 unspecified atom stereocenters. The summed E-state index contributed by atoms with van der Waals surface area (Å²) in [5, 5.41) is 2.13. The average Bonchev–Trinajstić information content (AvgIpc) is 2.15. The number of amides is 1. The van der Waals surface area contributed by atoms with Gasteiger partial charge in [0.15, 0.2) is 0 Å². The minimum absolute atomic E-state index is 0.0861. The first kappa shape index (κ1) is 16.9. The summed E-state index contributed by atoms with van der Waals surface area (Å²) in [7, 11) is 0. The van der Waals surface area contributed by atoms with E-state index < -0.39 is 11.7 Å². The molecule has 0 spiro atoms. The van der Waals surface area contributed by atoms with E-state index in [1.807, 2.05) is 0 Å².